The number of para-hydroxylation sites is 1. The first-order chi connectivity index (χ1) is 43.6. The van der Waals surface area contributed by atoms with Crippen LogP contribution in [0.4, 0.5) is 47.3 Å². The van der Waals surface area contributed by atoms with Gasteiger partial charge in [0.2, 0.25) is 0 Å². The molecule has 2 aliphatic rings. The number of fused-ring (bicyclic) bond motifs is 7. The van der Waals surface area contributed by atoms with Crippen LogP contribution in [-0.4, -0.2) is 11.3 Å². The van der Waals surface area contributed by atoms with E-state index in [1.54, 1.807) is 18.2 Å². The zero-order chi connectivity index (χ0) is 59.9. The van der Waals surface area contributed by atoms with Crippen molar-refractivity contribution in [3.63, 3.8) is 0 Å². The number of benzene rings is 13. The molecule has 1 aromatic heterocycles. The van der Waals surface area contributed by atoms with Crippen molar-refractivity contribution in [2.75, 3.05) is 9.80 Å². The van der Waals surface area contributed by atoms with Gasteiger partial charge < -0.3 is 14.4 Å². The summed E-state index contributed by atoms with van der Waals surface area (Å²) < 4.78 is 46.2. The van der Waals surface area contributed by atoms with Crippen LogP contribution < -0.4 is 26.2 Å². The first kappa shape index (κ1) is 53.1. The Morgan fingerprint density at radius 2 is 0.787 bits per heavy atom. The van der Waals surface area contributed by atoms with Crippen molar-refractivity contribution in [1.29, 1.82) is 5.26 Å². The number of nitrogens with zero attached hydrogens (tertiary/aromatic N) is 4. The van der Waals surface area contributed by atoms with Crippen LogP contribution >= 0.6 is 0 Å². The molecular weight excluding hydrogens is 1100 g/mol. The number of nitriles is 1. The first-order valence-corrected chi connectivity index (χ1v) is 29.9. The van der Waals surface area contributed by atoms with Crippen LogP contribution in [0.25, 0.3) is 94.3 Å². The minimum atomic E-state index is -4.61. The van der Waals surface area contributed by atoms with Crippen molar-refractivity contribution in [3.05, 3.63) is 314 Å². The maximum absolute atomic E-state index is 14.7. The van der Waals surface area contributed by atoms with Gasteiger partial charge in [-0.15, -0.1) is 0 Å². The third kappa shape index (κ3) is 9.09. The topological polar surface area (TPSA) is 35.2 Å². The molecule has 13 aromatic carbocycles. The molecule has 0 aliphatic carbocycles. The molecule has 0 atom stereocenters. The smallest absolute Gasteiger partial charge is 0.311 e. The SMILES string of the molecule is Cc1ccc(-c2cc(C(F)(F)F)ccc2-n2c3ccccc3c3cc(-c4cc5c6c(c4)N(c4ccc(-c7ccccc7)cc4)c4ccc(-c7ccccc7)cc4B6c4cc(-c6ccccc6)ccc4N5c4ccc(-c5ccccc5)cc4)ccc32)c(C#N)c1. The lowest BCUT2D eigenvalue weighted by Crippen LogP contribution is -2.61. The van der Waals surface area contributed by atoms with E-state index in [0.29, 0.717) is 22.4 Å². The van der Waals surface area contributed by atoms with Crippen molar-refractivity contribution in [1.82, 2.24) is 4.57 Å². The predicted octanol–water partition coefficient (Wildman–Crippen LogP) is 20.1. The molecule has 420 valence electrons. The van der Waals surface area contributed by atoms with Gasteiger partial charge in [0, 0.05) is 56.0 Å². The highest BCUT2D eigenvalue weighted by Crippen LogP contribution is 2.49. The molecule has 2 aliphatic heterocycles. The number of hydrogen-bond acceptors (Lipinski definition) is 3. The molecule has 0 saturated carbocycles. The first-order valence-electron chi connectivity index (χ1n) is 29.9. The molecule has 0 saturated heterocycles. The molecule has 16 rings (SSSR count). The van der Waals surface area contributed by atoms with E-state index >= 15 is 0 Å². The van der Waals surface area contributed by atoms with Crippen molar-refractivity contribution >= 4 is 79.0 Å². The highest BCUT2D eigenvalue weighted by Gasteiger charge is 2.44. The summed E-state index contributed by atoms with van der Waals surface area (Å²) in [6.07, 6.45) is -4.61. The molecule has 89 heavy (non-hydrogen) atoms. The lowest BCUT2D eigenvalue weighted by atomic mass is 9.33. The van der Waals surface area contributed by atoms with E-state index in [-0.39, 0.29) is 6.71 Å². The van der Waals surface area contributed by atoms with Crippen LogP contribution in [-0.2, 0) is 6.18 Å². The predicted molar refractivity (Wildman–Crippen MR) is 362 cm³/mol. The summed E-state index contributed by atoms with van der Waals surface area (Å²) in [6, 6.07) is 105. The number of halogens is 3. The van der Waals surface area contributed by atoms with Gasteiger partial charge in [-0.3, -0.25) is 0 Å². The van der Waals surface area contributed by atoms with Crippen LogP contribution in [0.1, 0.15) is 16.7 Å². The summed E-state index contributed by atoms with van der Waals surface area (Å²) in [5.74, 6) is 0. The molecule has 0 amide bonds. The van der Waals surface area contributed by atoms with Gasteiger partial charge in [-0.05, 0) is 176 Å². The Morgan fingerprint density at radius 3 is 1.30 bits per heavy atom. The minimum Gasteiger partial charge on any atom is -0.311 e. The van der Waals surface area contributed by atoms with Gasteiger partial charge in [-0.25, -0.2) is 0 Å². The summed E-state index contributed by atoms with van der Waals surface area (Å²) in [6.45, 7) is 1.67. The molecular formula is C81H52BF3N4. The number of rotatable bonds is 9. The van der Waals surface area contributed by atoms with Gasteiger partial charge in [0.25, 0.3) is 6.71 Å². The molecule has 14 aromatic rings. The van der Waals surface area contributed by atoms with Gasteiger partial charge >= 0.3 is 6.18 Å². The Labute approximate surface area is 514 Å². The maximum atomic E-state index is 14.7. The fourth-order valence-electron chi connectivity index (χ4n) is 13.7. The van der Waals surface area contributed by atoms with Crippen LogP contribution in [0.3, 0.4) is 0 Å². The van der Waals surface area contributed by atoms with Gasteiger partial charge in [0.1, 0.15) is 0 Å². The number of alkyl halides is 3. The van der Waals surface area contributed by atoms with Crippen molar-refractivity contribution in [2.24, 2.45) is 0 Å². The normalized spacial score (nSPS) is 12.4. The van der Waals surface area contributed by atoms with E-state index < -0.39 is 11.7 Å². The van der Waals surface area contributed by atoms with E-state index in [1.165, 1.54) is 22.5 Å². The molecule has 0 radical (unpaired) electrons. The molecule has 4 nitrogen and oxygen atoms in total. The summed E-state index contributed by atoms with van der Waals surface area (Å²) in [4.78, 5) is 4.91. The van der Waals surface area contributed by atoms with E-state index in [0.717, 1.165) is 123 Å². The summed E-state index contributed by atoms with van der Waals surface area (Å²) in [7, 11) is 0. The summed E-state index contributed by atoms with van der Waals surface area (Å²) >= 11 is 0. The largest absolute Gasteiger partial charge is 0.416 e. The number of aryl methyl sites for hydroxylation is 1. The van der Waals surface area contributed by atoms with Gasteiger partial charge in [-0.2, -0.15) is 18.4 Å². The van der Waals surface area contributed by atoms with E-state index in [9.17, 15) is 18.4 Å². The Morgan fingerprint density at radius 1 is 0.348 bits per heavy atom. The quantitative estimate of drug-likeness (QED) is 0.135. The molecule has 0 fully saturated rings. The molecule has 0 N–H and O–H groups in total. The number of hydrogen-bond donors (Lipinski definition) is 0. The van der Waals surface area contributed by atoms with Crippen molar-refractivity contribution < 1.29 is 13.2 Å². The molecule has 0 spiro atoms. The molecule has 8 heteroatoms. The number of aromatic nitrogens is 1. The van der Waals surface area contributed by atoms with Crippen LogP contribution in [0.15, 0.2) is 297 Å². The third-order valence-corrected chi connectivity index (χ3v) is 17.9. The molecule has 0 bridgehead atoms. The average molecular weight is 1150 g/mol. The highest BCUT2D eigenvalue weighted by molar-refractivity contribution is 7.00. The lowest BCUT2D eigenvalue weighted by molar-refractivity contribution is -0.137. The standard InChI is InChI=1S/C81H52BF3N4/c1-52-26-39-67(63(44-52)51-86)70-50-64(81(83,84)85)34-43-75(70)89-73-25-15-14-24-68(73)69-45-59(31-40-74(69)89)62-48-78-80-79(49-62)88(66-37-29-58(30-38-66)54-18-8-3-9-19-54)77-42-33-61(56-22-12-5-13-23-56)47-72(77)82(80)71-46-60(55-20-10-4-11-21-55)32-41-76(71)87(78)65-35-27-57(28-36-65)53-16-6-2-7-17-53/h2-50H,1H3. The van der Waals surface area contributed by atoms with Gasteiger partial charge in [0.15, 0.2) is 0 Å². The Balaban J connectivity index is 0.967. The molecule has 0 unspecified atom stereocenters. The Hall–Kier alpha value is -11.4. The van der Waals surface area contributed by atoms with E-state index in [1.807, 2.05) is 43.3 Å². The van der Waals surface area contributed by atoms with Gasteiger partial charge in [-0.1, -0.05) is 206 Å². The summed E-state index contributed by atoms with van der Waals surface area (Å²) in [5.41, 5.74) is 24.1. The number of anilines is 6. The zero-order valence-electron chi connectivity index (χ0n) is 48.3. The lowest BCUT2D eigenvalue weighted by Gasteiger charge is -2.44. The van der Waals surface area contributed by atoms with Crippen LogP contribution in [0, 0.1) is 18.3 Å². The summed E-state index contributed by atoms with van der Waals surface area (Å²) in [5, 5.41) is 12.3. The van der Waals surface area contributed by atoms with Crippen molar-refractivity contribution in [2.45, 2.75) is 13.1 Å². The second-order valence-corrected chi connectivity index (χ2v) is 23.1. The monoisotopic (exact) mass is 1150 g/mol. The van der Waals surface area contributed by atoms with Crippen molar-refractivity contribution in [3.8, 4) is 78.5 Å². The Bertz CT molecular complexity index is 4930. The third-order valence-electron chi connectivity index (χ3n) is 17.9. The van der Waals surface area contributed by atoms with E-state index in [4.69, 9.17) is 0 Å². The Kier molecular flexibility index (Phi) is 12.7. The van der Waals surface area contributed by atoms with Gasteiger partial charge in [0.05, 0.1) is 33.9 Å². The van der Waals surface area contributed by atoms with Crippen LogP contribution in [0.2, 0.25) is 0 Å². The fourth-order valence-corrected chi connectivity index (χ4v) is 13.7. The second kappa shape index (κ2) is 21.2. The fraction of sp³-hybridized carbons (Fsp3) is 0.0247. The minimum absolute atomic E-state index is 0.209. The van der Waals surface area contributed by atoms with Crippen LogP contribution in [0.5, 0.6) is 0 Å². The van der Waals surface area contributed by atoms with E-state index in [2.05, 4.69) is 251 Å². The second-order valence-electron chi connectivity index (χ2n) is 23.1. The highest BCUT2D eigenvalue weighted by atomic mass is 19.4. The average Bonchev–Trinajstić information content (AvgIpc) is 1.25. The molecule has 3 heterocycles. The zero-order valence-corrected chi connectivity index (χ0v) is 48.3. The maximum Gasteiger partial charge on any atom is 0.416 e.